The second-order valence-electron chi connectivity index (χ2n) is 8.03. The van der Waals surface area contributed by atoms with Gasteiger partial charge in [0.15, 0.2) is 0 Å². The number of benzene rings is 1. The standard InChI is InChI=1S/C23H28N6O4/c30-22(25-18-2-1-17-3-4-24-19(17)15-18)20-16-21(33-14-7-28-5-10-31-11-6-28)27-23(26-20)29-8-12-32-13-9-29/h1-4,15-16,24H,5-14H2,(H,25,30). The van der Waals surface area contributed by atoms with Crippen LogP contribution >= 0.6 is 0 Å². The van der Waals surface area contributed by atoms with Crippen LogP contribution < -0.4 is 15.0 Å². The number of hydrogen-bond acceptors (Lipinski definition) is 8. The van der Waals surface area contributed by atoms with Crippen molar-refractivity contribution < 1.29 is 19.0 Å². The number of hydrogen-bond donors (Lipinski definition) is 2. The van der Waals surface area contributed by atoms with Crippen LogP contribution in [0.15, 0.2) is 36.5 Å². The lowest BCUT2D eigenvalue weighted by molar-refractivity contribution is 0.0320. The lowest BCUT2D eigenvalue weighted by atomic mass is 10.2. The predicted molar refractivity (Wildman–Crippen MR) is 124 cm³/mol. The summed E-state index contributed by atoms with van der Waals surface area (Å²) in [6.45, 7) is 7.06. The van der Waals surface area contributed by atoms with Crippen LogP contribution in [0.25, 0.3) is 10.9 Å². The number of carbonyl (C=O) groups is 1. The largest absolute Gasteiger partial charge is 0.476 e. The van der Waals surface area contributed by atoms with Gasteiger partial charge in [-0.05, 0) is 23.6 Å². The molecule has 0 bridgehead atoms. The van der Waals surface area contributed by atoms with E-state index in [9.17, 15) is 4.79 Å². The summed E-state index contributed by atoms with van der Waals surface area (Å²) >= 11 is 0. The maximum Gasteiger partial charge on any atom is 0.274 e. The Bertz CT molecular complexity index is 1090. The average molecular weight is 453 g/mol. The van der Waals surface area contributed by atoms with Gasteiger partial charge in [-0.1, -0.05) is 6.07 Å². The van der Waals surface area contributed by atoms with Gasteiger partial charge in [-0.2, -0.15) is 4.98 Å². The molecule has 0 atom stereocenters. The van der Waals surface area contributed by atoms with Crippen LogP contribution in [0, 0.1) is 0 Å². The Balaban J connectivity index is 1.32. The predicted octanol–water partition coefficient (Wildman–Crippen LogP) is 1.76. The molecule has 0 radical (unpaired) electrons. The Hall–Kier alpha value is -3.21. The molecule has 2 aromatic heterocycles. The molecule has 10 heteroatoms. The maximum absolute atomic E-state index is 13.1. The van der Waals surface area contributed by atoms with Crippen LogP contribution in [0.2, 0.25) is 0 Å². The molecule has 2 aliphatic heterocycles. The Kier molecular flexibility index (Phi) is 6.66. The van der Waals surface area contributed by atoms with Gasteiger partial charge in [0.25, 0.3) is 5.91 Å². The zero-order valence-corrected chi connectivity index (χ0v) is 18.5. The summed E-state index contributed by atoms with van der Waals surface area (Å²) in [5, 5.41) is 4.02. The SMILES string of the molecule is O=C(Nc1ccc2cc[nH]c2c1)c1cc(OCCN2CCOCC2)nc(N2CCOCC2)n1. The molecule has 2 fully saturated rings. The van der Waals surface area contributed by atoms with Crippen molar-refractivity contribution in [3.05, 3.63) is 42.2 Å². The van der Waals surface area contributed by atoms with E-state index < -0.39 is 0 Å². The Morgan fingerprint density at radius 3 is 2.64 bits per heavy atom. The summed E-state index contributed by atoms with van der Waals surface area (Å²) < 4.78 is 16.8. The van der Waals surface area contributed by atoms with Crippen molar-refractivity contribution in [2.45, 2.75) is 0 Å². The summed E-state index contributed by atoms with van der Waals surface area (Å²) in [6.07, 6.45) is 1.87. The monoisotopic (exact) mass is 452 g/mol. The Morgan fingerprint density at radius 2 is 1.82 bits per heavy atom. The fourth-order valence-corrected chi connectivity index (χ4v) is 3.93. The molecule has 0 saturated carbocycles. The summed E-state index contributed by atoms with van der Waals surface area (Å²) in [5.74, 6) is 0.563. The molecule has 2 N–H and O–H groups in total. The van der Waals surface area contributed by atoms with Crippen molar-refractivity contribution in [3.8, 4) is 5.88 Å². The van der Waals surface area contributed by atoms with Gasteiger partial charge in [0, 0.05) is 56.2 Å². The molecule has 0 spiro atoms. The van der Waals surface area contributed by atoms with Gasteiger partial charge >= 0.3 is 0 Å². The topological polar surface area (TPSA) is 105 Å². The highest BCUT2D eigenvalue weighted by molar-refractivity contribution is 6.04. The molecule has 5 rings (SSSR count). The van der Waals surface area contributed by atoms with Crippen molar-refractivity contribution in [2.75, 3.05) is 76.0 Å². The van der Waals surface area contributed by atoms with Crippen LogP contribution in [-0.4, -0.2) is 91.5 Å². The first-order valence-corrected chi connectivity index (χ1v) is 11.3. The van der Waals surface area contributed by atoms with Crippen molar-refractivity contribution in [2.24, 2.45) is 0 Å². The molecule has 10 nitrogen and oxygen atoms in total. The second-order valence-corrected chi connectivity index (χ2v) is 8.03. The first kappa shape index (κ1) is 21.6. The molecule has 2 saturated heterocycles. The Morgan fingerprint density at radius 1 is 1.03 bits per heavy atom. The number of carbonyl (C=O) groups excluding carboxylic acids is 1. The third-order valence-electron chi connectivity index (χ3n) is 5.79. The molecule has 1 aromatic carbocycles. The van der Waals surface area contributed by atoms with Crippen molar-refractivity contribution >= 4 is 28.4 Å². The van der Waals surface area contributed by atoms with E-state index in [1.165, 1.54) is 0 Å². The number of amides is 1. The number of nitrogens with one attached hydrogen (secondary N) is 2. The first-order chi connectivity index (χ1) is 16.2. The Labute approximate surface area is 191 Å². The fraction of sp³-hybridized carbons (Fsp3) is 0.435. The van der Waals surface area contributed by atoms with Crippen LogP contribution in [-0.2, 0) is 9.47 Å². The molecular formula is C23H28N6O4. The highest BCUT2D eigenvalue weighted by Crippen LogP contribution is 2.21. The van der Waals surface area contributed by atoms with E-state index >= 15 is 0 Å². The number of anilines is 2. The number of aromatic amines is 1. The van der Waals surface area contributed by atoms with E-state index in [4.69, 9.17) is 14.2 Å². The summed E-state index contributed by atoms with van der Waals surface area (Å²) in [5.41, 5.74) is 1.91. The van der Waals surface area contributed by atoms with E-state index in [1.54, 1.807) is 6.07 Å². The number of H-pyrrole nitrogens is 1. The molecule has 174 valence electrons. The van der Waals surface area contributed by atoms with Crippen LogP contribution in [0.5, 0.6) is 5.88 Å². The maximum atomic E-state index is 13.1. The van der Waals surface area contributed by atoms with Gasteiger partial charge in [0.1, 0.15) is 12.3 Å². The third kappa shape index (κ3) is 5.41. The molecule has 33 heavy (non-hydrogen) atoms. The van der Waals surface area contributed by atoms with Crippen LogP contribution in [0.1, 0.15) is 10.5 Å². The highest BCUT2D eigenvalue weighted by Gasteiger charge is 2.19. The average Bonchev–Trinajstić information content (AvgIpc) is 3.33. The van der Waals surface area contributed by atoms with E-state index in [0.29, 0.717) is 50.4 Å². The van der Waals surface area contributed by atoms with Crippen molar-refractivity contribution in [3.63, 3.8) is 0 Å². The lowest BCUT2D eigenvalue weighted by Crippen LogP contribution is -2.39. The van der Waals surface area contributed by atoms with Gasteiger partial charge in [-0.3, -0.25) is 9.69 Å². The number of fused-ring (bicyclic) bond motifs is 1. The second kappa shape index (κ2) is 10.2. The molecular weight excluding hydrogens is 424 g/mol. The van der Waals surface area contributed by atoms with E-state index in [2.05, 4.69) is 25.2 Å². The van der Waals surface area contributed by atoms with Crippen molar-refractivity contribution in [1.82, 2.24) is 19.9 Å². The van der Waals surface area contributed by atoms with Gasteiger partial charge in [-0.25, -0.2) is 4.98 Å². The minimum atomic E-state index is -0.309. The number of ether oxygens (including phenoxy) is 3. The first-order valence-electron chi connectivity index (χ1n) is 11.3. The molecule has 1 amide bonds. The minimum absolute atomic E-state index is 0.263. The normalized spacial score (nSPS) is 17.3. The zero-order chi connectivity index (χ0) is 22.5. The van der Waals surface area contributed by atoms with Crippen LogP contribution in [0.3, 0.4) is 0 Å². The summed E-state index contributed by atoms with van der Waals surface area (Å²) in [7, 11) is 0. The number of aromatic nitrogens is 3. The van der Waals surface area contributed by atoms with E-state index in [1.807, 2.05) is 35.4 Å². The zero-order valence-electron chi connectivity index (χ0n) is 18.5. The quantitative estimate of drug-likeness (QED) is 0.559. The van der Waals surface area contributed by atoms with Crippen molar-refractivity contribution in [1.29, 1.82) is 0 Å². The molecule has 2 aliphatic rings. The lowest BCUT2D eigenvalue weighted by Gasteiger charge is -2.27. The van der Waals surface area contributed by atoms with Crippen LogP contribution in [0.4, 0.5) is 11.6 Å². The van der Waals surface area contributed by atoms with Gasteiger partial charge in [-0.15, -0.1) is 0 Å². The third-order valence-corrected chi connectivity index (χ3v) is 5.79. The van der Waals surface area contributed by atoms with Gasteiger partial charge in [0.05, 0.1) is 26.4 Å². The number of nitrogens with zero attached hydrogens (tertiary/aromatic N) is 4. The van der Waals surface area contributed by atoms with Gasteiger partial charge in [0.2, 0.25) is 11.8 Å². The van der Waals surface area contributed by atoms with E-state index in [0.717, 1.165) is 43.8 Å². The number of rotatable bonds is 7. The minimum Gasteiger partial charge on any atom is -0.476 e. The van der Waals surface area contributed by atoms with Gasteiger partial charge < -0.3 is 29.4 Å². The highest BCUT2D eigenvalue weighted by atomic mass is 16.5. The molecule has 3 aromatic rings. The molecule has 0 aliphatic carbocycles. The molecule has 0 unspecified atom stereocenters. The summed E-state index contributed by atoms with van der Waals surface area (Å²) in [4.78, 5) is 29.6. The summed E-state index contributed by atoms with van der Waals surface area (Å²) in [6, 6.07) is 9.32. The number of morpholine rings is 2. The fourth-order valence-electron chi connectivity index (χ4n) is 3.93. The smallest absolute Gasteiger partial charge is 0.274 e. The van der Waals surface area contributed by atoms with E-state index in [-0.39, 0.29) is 11.6 Å². The molecule has 4 heterocycles.